The van der Waals surface area contributed by atoms with E-state index >= 15 is 0 Å². The average molecular weight is 172 g/mol. The molecule has 2 unspecified atom stereocenters. The Morgan fingerprint density at radius 2 is 2.18 bits per heavy atom. The summed E-state index contributed by atoms with van der Waals surface area (Å²) in [5.74, 6) is 1.11. The van der Waals surface area contributed by atoms with Gasteiger partial charge in [-0.1, -0.05) is 18.7 Å². The molecule has 0 aromatic heterocycles. The largest absolute Gasteiger partial charge is 0.350 e. The molecule has 0 spiro atoms. The molecule has 0 fully saturated rings. The van der Waals surface area contributed by atoms with Crippen LogP contribution in [0.4, 0.5) is 0 Å². The molecular weight excluding hydrogens is 156 g/mol. The molecule has 64 valence electrons. The van der Waals surface area contributed by atoms with Gasteiger partial charge in [-0.25, -0.2) is 0 Å². The molecule has 3 heteroatoms. The Bertz CT molecular complexity index is 167. The van der Waals surface area contributed by atoms with E-state index in [9.17, 15) is 0 Å². The second-order valence-electron chi connectivity index (χ2n) is 2.94. The Hall–Kier alpha value is -0.180. The molecule has 2 atom stereocenters. The smallest absolute Gasteiger partial charge is 0.159 e. The predicted octanol–water partition coefficient (Wildman–Crippen LogP) is 1.82. The maximum absolute atomic E-state index is 4.55. The van der Waals surface area contributed by atoms with E-state index in [0.29, 0.717) is 12.1 Å². The van der Waals surface area contributed by atoms with Gasteiger partial charge in [0.2, 0.25) is 0 Å². The van der Waals surface area contributed by atoms with Crippen LogP contribution in [0.1, 0.15) is 20.8 Å². The van der Waals surface area contributed by atoms with Gasteiger partial charge in [-0.2, -0.15) is 0 Å². The third-order valence-electron chi connectivity index (χ3n) is 2.20. The molecule has 1 rings (SSSR count). The van der Waals surface area contributed by atoms with Crippen LogP contribution in [0.3, 0.4) is 0 Å². The first kappa shape index (κ1) is 8.91. The highest BCUT2D eigenvalue weighted by Gasteiger charge is 2.26. The molecule has 1 aliphatic rings. The van der Waals surface area contributed by atoms with E-state index in [1.165, 1.54) is 5.17 Å². The van der Waals surface area contributed by atoms with Crippen molar-refractivity contribution in [2.24, 2.45) is 4.99 Å². The molecular formula is C8H16N2S. The van der Waals surface area contributed by atoms with E-state index in [1.807, 2.05) is 11.8 Å². The monoisotopic (exact) mass is 172 g/mol. The van der Waals surface area contributed by atoms with Gasteiger partial charge < -0.3 is 4.90 Å². The Kier molecular flexibility index (Phi) is 2.82. The zero-order valence-corrected chi connectivity index (χ0v) is 8.48. The Morgan fingerprint density at radius 1 is 1.55 bits per heavy atom. The summed E-state index contributed by atoms with van der Waals surface area (Å²) >= 11 is 1.83. The lowest BCUT2D eigenvalue weighted by atomic mass is 10.2. The van der Waals surface area contributed by atoms with Crippen molar-refractivity contribution in [2.75, 3.05) is 12.8 Å². The number of nitrogens with zero attached hydrogens (tertiary/aromatic N) is 2. The number of thioether (sulfide) groups is 1. The molecule has 1 aliphatic heterocycles. The highest BCUT2D eigenvalue weighted by molar-refractivity contribution is 8.13. The van der Waals surface area contributed by atoms with Crippen LogP contribution in [0.25, 0.3) is 0 Å². The molecule has 0 bridgehead atoms. The summed E-state index contributed by atoms with van der Waals surface area (Å²) in [4.78, 5) is 6.81. The number of hydrogen-bond acceptors (Lipinski definition) is 3. The fourth-order valence-electron chi connectivity index (χ4n) is 1.14. The minimum Gasteiger partial charge on any atom is -0.350 e. The molecule has 1 heterocycles. The normalized spacial score (nSPS) is 30.9. The second-order valence-corrected chi connectivity index (χ2v) is 4.17. The van der Waals surface area contributed by atoms with Gasteiger partial charge in [0, 0.05) is 13.1 Å². The molecule has 0 amide bonds. The van der Waals surface area contributed by atoms with Crippen molar-refractivity contribution in [2.45, 2.75) is 32.9 Å². The zero-order chi connectivity index (χ0) is 8.43. The number of aliphatic imine (C=N–C) groups is 1. The molecule has 0 saturated heterocycles. The number of rotatable bonds is 1. The van der Waals surface area contributed by atoms with E-state index in [1.54, 1.807) is 0 Å². The van der Waals surface area contributed by atoms with Crippen LogP contribution in [-0.4, -0.2) is 35.0 Å². The molecule has 2 nitrogen and oxygen atoms in total. The number of hydrogen-bond donors (Lipinski definition) is 0. The first-order valence-corrected chi connectivity index (χ1v) is 5.08. The van der Waals surface area contributed by atoms with Gasteiger partial charge in [-0.15, -0.1) is 0 Å². The minimum atomic E-state index is 0.467. The van der Waals surface area contributed by atoms with E-state index in [2.05, 4.69) is 37.7 Å². The van der Waals surface area contributed by atoms with Crippen LogP contribution in [-0.2, 0) is 0 Å². The van der Waals surface area contributed by atoms with Crippen LogP contribution in [0.2, 0.25) is 0 Å². The molecule has 0 N–H and O–H groups in total. The summed E-state index contributed by atoms with van der Waals surface area (Å²) in [6.07, 6.45) is 0. The topological polar surface area (TPSA) is 15.6 Å². The summed E-state index contributed by atoms with van der Waals surface area (Å²) in [5, 5.41) is 1.20. The number of likely N-dealkylation sites (N-methyl/N-ethyl adjacent to an activating group) is 1. The van der Waals surface area contributed by atoms with Crippen LogP contribution in [0.5, 0.6) is 0 Å². The summed E-state index contributed by atoms with van der Waals surface area (Å²) < 4.78 is 0. The summed E-state index contributed by atoms with van der Waals surface area (Å²) in [7, 11) is 2.12. The molecule has 0 aliphatic carbocycles. The van der Waals surface area contributed by atoms with Crippen molar-refractivity contribution >= 4 is 16.9 Å². The first-order chi connectivity index (χ1) is 5.16. The molecule has 0 aromatic rings. The predicted molar refractivity (Wildman–Crippen MR) is 52.3 cm³/mol. The van der Waals surface area contributed by atoms with Crippen LogP contribution >= 0.6 is 11.8 Å². The average Bonchev–Trinajstić information content (AvgIpc) is 2.19. The lowest BCUT2D eigenvalue weighted by Gasteiger charge is -2.20. The van der Waals surface area contributed by atoms with Crippen molar-refractivity contribution < 1.29 is 0 Å². The maximum Gasteiger partial charge on any atom is 0.159 e. The quantitative estimate of drug-likeness (QED) is 0.599. The molecule has 11 heavy (non-hydrogen) atoms. The lowest BCUT2D eigenvalue weighted by molar-refractivity contribution is 0.391. The third-order valence-corrected chi connectivity index (χ3v) is 3.14. The SMILES string of the molecule is CCSC1=NC(C)C(C)N1C. The van der Waals surface area contributed by atoms with Crippen LogP contribution < -0.4 is 0 Å². The fraction of sp³-hybridized carbons (Fsp3) is 0.875. The summed E-state index contributed by atoms with van der Waals surface area (Å²) in [6.45, 7) is 6.55. The van der Waals surface area contributed by atoms with Gasteiger partial charge in [0.1, 0.15) is 0 Å². The first-order valence-electron chi connectivity index (χ1n) is 4.10. The van der Waals surface area contributed by atoms with Gasteiger partial charge in [0.15, 0.2) is 5.17 Å². The Balaban J connectivity index is 2.59. The zero-order valence-electron chi connectivity index (χ0n) is 7.66. The van der Waals surface area contributed by atoms with Crippen LogP contribution in [0, 0.1) is 0 Å². The van der Waals surface area contributed by atoms with Gasteiger partial charge in [-0.05, 0) is 19.6 Å². The standard InChI is InChI=1S/C8H16N2S/c1-5-11-8-9-6(2)7(3)10(8)4/h6-7H,5H2,1-4H3. The molecule has 0 radical (unpaired) electrons. The minimum absolute atomic E-state index is 0.467. The maximum atomic E-state index is 4.55. The van der Waals surface area contributed by atoms with E-state index < -0.39 is 0 Å². The Morgan fingerprint density at radius 3 is 2.55 bits per heavy atom. The van der Waals surface area contributed by atoms with Crippen molar-refractivity contribution in [3.05, 3.63) is 0 Å². The highest BCUT2D eigenvalue weighted by atomic mass is 32.2. The molecule has 0 saturated carbocycles. The summed E-state index contributed by atoms with van der Waals surface area (Å²) in [5.41, 5.74) is 0. The summed E-state index contributed by atoms with van der Waals surface area (Å²) in [6, 6.07) is 1.04. The van der Waals surface area contributed by atoms with E-state index in [-0.39, 0.29) is 0 Å². The van der Waals surface area contributed by atoms with Crippen LogP contribution in [0.15, 0.2) is 4.99 Å². The second kappa shape index (κ2) is 3.48. The molecule has 0 aromatic carbocycles. The van der Waals surface area contributed by atoms with Gasteiger partial charge in [-0.3, -0.25) is 4.99 Å². The highest BCUT2D eigenvalue weighted by Crippen LogP contribution is 2.21. The van der Waals surface area contributed by atoms with Crippen molar-refractivity contribution in [3.8, 4) is 0 Å². The number of amidine groups is 1. The van der Waals surface area contributed by atoms with Gasteiger partial charge >= 0.3 is 0 Å². The van der Waals surface area contributed by atoms with Crippen molar-refractivity contribution in [3.63, 3.8) is 0 Å². The Labute approximate surface area is 73.1 Å². The van der Waals surface area contributed by atoms with E-state index in [0.717, 1.165) is 5.75 Å². The van der Waals surface area contributed by atoms with Crippen molar-refractivity contribution in [1.29, 1.82) is 0 Å². The van der Waals surface area contributed by atoms with Crippen molar-refractivity contribution in [1.82, 2.24) is 4.90 Å². The fourth-order valence-corrected chi connectivity index (χ4v) is 2.01. The van der Waals surface area contributed by atoms with Gasteiger partial charge in [0.05, 0.1) is 6.04 Å². The lowest BCUT2D eigenvalue weighted by Crippen LogP contribution is -2.31. The van der Waals surface area contributed by atoms with Gasteiger partial charge in [0.25, 0.3) is 0 Å². The van der Waals surface area contributed by atoms with E-state index in [4.69, 9.17) is 0 Å². The third kappa shape index (κ3) is 1.70.